The lowest BCUT2D eigenvalue weighted by atomic mass is 10.0. The molecule has 0 radical (unpaired) electrons. The molecule has 0 aliphatic heterocycles. The number of benzene rings is 1. The monoisotopic (exact) mass is 312 g/mol. The van der Waals surface area contributed by atoms with E-state index in [1.165, 1.54) is 0 Å². The molecular weight excluding hydrogens is 288 g/mol. The van der Waals surface area contributed by atoms with Crippen LogP contribution in [0.3, 0.4) is 0 Å². The fourth-order valence-electron chi connectivity index (χ4n) is 3.08. The Morgan fingerprint density at radius 3 is 2.74 bits per heavy atom. The molecule has 1 aromatic carbocycles. The van der Waals surface area contributed by atoms with Gasteiger partial charge in [-0.3, -0.25) is 4.98 Å². The van der Waals surface area contributed by atoms with Crippen molar-refractivity contribution in [3.63, 3.8) is 0 Å². The maximum Gasteiger partial charge on any atom is 0.124 e. The van der Waals surface area contributed by atoms with Crippen molar-refractivity contribution in [2.75, 3.05) is 6.54 Å². The molecular formula is C19H24N2O2. The molecule has 1 aliphatic carbocycles. The van der Waals surface area contributed by atoms with Crippen LogP contribution in [0.1, 0.15) is 36.8 Å². The average molecular weight is 312 g/mol. The highest BCUT2D eigenvalue weighted by molar-refractivity contribution is 5.33. The second-order valence-corrected chi connectivity index (χ2v) is 6.29. The van der Waals surface area contributed by atoms with Gasteiger partial charge < -0.3 is 15.2 Å². The first-order valence-electron chi connectivity index (χ1n) is 8.28. The zero-order valence-corrected chi connectivity index (χ0v) is 13.4. The lowest BCUT2D eigenvalue weighted by Gasteiger charge is -2.22. The van der Waals surface area contributed by atoms with Gasteiger partial charge in [0.2, 0.25) is 0 Å². The van der Waals surface area contributed by atoms with Crippen molar-refractivity contribution in [2.45, 2.75) is 44.4 Å². The molecule has 2 N–H and O–H groups in total. The number of aliphatic hydroxyl groups is 1. The van der Waals surface area contributed by atoms with Crippen molar-refractivity contribution in [3.8, 4) is 5.75 Å². The minimum atomic E-state index is -0.522. The van der Waals surface area contributed by atoms with Crippen LogP contribution in [0, 0.1) is 0 Å². The van der Waals surface area contributed by atoms with Crippen LogP contribution >= 0.6 is 0 Å². The summed E-state index contributed by atoms with van der Waals surface area (Å²) < 4.78 is 5.93. The van der Waals surface area contributed by atoms with Gasteiger partial charge in [-0.25, -0.2) is 0 Å². The molecule has 0 unspecified atom stereocenters. The summed E-state index contributed by atoms with van der Waals surface area (Å²) >= 11 is 0. The smallest absolute Gasteiger partial charge is 0.124 e. The standard InChI is InChI=1S/C19H24N2O2/c22-19(9-3-4-10-19)15-21-13-17-7-1-2-8-18(17)23-14-16-6-5-11-20-12-16/h1-2,5-8,11-12,21-22H,3-4,9-10,13-15H2. The van der Waals surface area contributed by atoms with E-state index in [9.17, 15) is 5.11 Å². The van der Waals surface area contributed by atoms with Gasteiger partial charge in [-0.2, -0.15) is 0 Å². The fourth-order valence-corrected chi connectivity index (χ4v) is 3.08. The molecule has 1 aliphatic rings. The van der Waals surface area contributed by atoms with Gasteiger partial charge in [-0.05, 0) is 25.0 Å². The van der Waals surface area contributed by atoms with Crippen molar-refractivity contribution < 1.29 is 9.84 Å². The number of ether oxygens (including phenoxy) is 1. The molecule has 1 heterocycles. The molecule has 0 atom stereocenters. The van der Waals surface area contributed by atoms with E-state index in [0.717, 1.165) is 42.6 Å². The minimum absolute atomic E-state index is 0.509. The second-order valence-electron chi connectivity index (χ2n) is 6.29. The molecule has 0 saturated heterocycles. The van der Waals surface area contributed by atoms with Gasteiger partial charge in [0.1, 0.15) is 12.4 Å². The normalized spacial score (nSPS) is 16.4. The molecule has 122 valence electrons. The third-order valence-corrected chi connectivity index (χ3v) is 4.39. The summed E-state index contributed by atoms with van der Waals surface area (Å²) in [5.41, 5.74) is 1.64. The zero-order chi connectivity index (χ0) is 16.0. The van der Waals surface area contributed by atoms with E-state index in [2.05, 4.69) is 16.4 Å². The minimum Gasteiger partial charge on any atom is -0.489 e. The predicted octanol–water partition coefficient (Wildman–Crippen LogP) is 3.06. The molecule has 0 amide bonds. The third-order valence-electron chi connectivity index (χ3n) is 4.39. The molecule has 4 nitrogen and oxygen atoms in total. The summed E-state index contributed by atoms with van der Waals surface area (Å²) in [6, 6.07) is 11.9. The van der Waals surface area contributed by atoms with Crippen molar-refractivity contribution in [2.24, 2.45) is 0 Å². The SMILES string of the molecule is OC1(CNCc2ccccc2OCc2cccnc2)CCCC1. The number of para-hydroxylation sites is 1. The summed E-state index contributed by atoms with van der Waals surface area (Å²) in [6.45, 7) is 1.85. The quantitative estimate of drug-likeness (QED) is 0.825. The predicted molar refractivity (Wildman–Crippen MR) is 90.1 cm³/mol. The summed E-state index contributed by atoms with van der Waals surface area (Å²) in [5.74, 6) is 0.877. The van der Waals surface area contributed by atoms with Crippen LogP contribution in [-0.2, 0) is 13.2 Å². The highest BCUT2D eigenvalue weighted by Crippen LogP contribution is 2.29. The molecule has 0 bridgehead atoms. The highest BCUT2D eigenvalue weighted by atomic mass is 16.5. The Morgan fingerprint density at radius 1 is 1.13 bits per heavy atom. The van der Waals surface area contributed by atoms with Crippen molar-refractivity contribution in [1.82, 2.24) is 10.3 Å². The van der Waals surface area contributed by atoms with E-state index < -0.39 is 5.60 Å². The largest absolute Gasteiger partial charge is 0.489 e. The third kappa shape index (κ3) is 4.53. The van der Waals surface area contributed by atoms with E-state index in [1.807, 2.05) is 36.5 Å². The molecule has 1 fully saturated rings. The first-order valence-corrected chi connectivity index (χ1v) is 8.28. The number of aromatic nitrogens is 1. The Bertz CT molecular complexity index is 610. The number of rotatable bonds is 7. The molecule has 23 heavy (non-hydrogen) atoms. The number of hydrogen-bond acceptors (Lipinski definition) is 4. The average Bonchev–Trinajstić information content (AvgIpc) is 3.02. The van der Waals surface area contributed by atoms with Crippen molar-refractivity contribution >= 4 is 0 Å². The Hall–Kier alpha value is -1.91. The molecule has 0 spiro atoms. The van der Waals surface area contributed by atoms with Crippen molar-refractivity contribution in [1.29, 1.82) is 0 Å². The van der Waals surface area contributed by atoms with Gasteiger partial charge in [0.15, 0.2) is 0 Å². The topological polar surface area (TPSA) is 54.4 Å². The first kappa shape index (κ1) is 16.0. The maximum absolute atomic E-state index is 10.4. The van der Waals surface area contributed by atoms with Crippen LogP contribution < -0.4 is 10.1 Å². The van der Waals surface area contributed by atoms with E-state index in [1.54, 1.807) is 6.20 Å². The number of nitrogens with one attached hydrogen (secondary N) is 1. The summed E-state index contributed by atoms with van der Waals surface area (Å²) in [4.78, 5) is 4.10. The fraction of sp³-hybridized carbons (Fsp3) is 0.421. The highest BCUT2D eigenvalue weighted by Gasteiger charge is 2.30. The van der Waals surface area contributed by atoms with Gasteiger partial charge in [-0.15, -0.1) is 0 Å². The van der Waals surface area contributed by atoms with Gasteiger partial charge in [0.25, 0.3) is 0 Å². The van der Waals surface area contributed by atoms with E-state index in [4.69, 9.17) is 4.74 Å². The lowest BCUT2D eigenvalue weighted by molar-refractivity contribution is 0.0474. The number of hydrogen-bond donors (Lipinski definition) is 2. The van der Waals surface area contributed by atoms with Crippen LogP contribution in [0.25, 0.3) is 0 Å². The Kier molecular flexibility index (Phi) is 5.26. The molecule has 1 aromatic heterocycles. The van der Waals surface area contributed by atoms with Crippen molar-refractivity contribution in [3.05, 3.63) is 59.9 Å². The summed E-state index contributed by atoms with van der Waals surface area (Å²) in [7, 11) is 0. The van der Waals surface area contributed by atoms with Gasteiger partial charge in [-0.1, -0.05) is 37.1 Å². The van der Waals surface area contributed by atoms with E-state index in [-0.39, 0.29) is 0 Å². The Balaban J connectivity index is 1.55. The molecule has 4 heteroatoms. The molecule has 2 aromatic rings. The van der Waals surface area contributed by atoms with Gasteiger partial charge in [0, 0.05) is 36.6 Å². The van der Waals surface area contributed by atoms with Crippen LogP contribution in [-0.4, -0.2) is 22.2 Å². The first-order chi connectivity index (χ1) is 11.3. The summed E-state index contributed by atoms with van der Waals surface area (Å²) in [5, 5.41) is 13.8. The molecule has 1 saturated carbocycles. The van der Waals surface area contributed by atoms with Crippen LogP contribution in [0.2, 0.25) is 0 Å². The second kappa shape index (κ2) is 7.57. The molecule has 3 rings (SSSR count). The van der Waals surface area contributed by atoms with Gasteiger partial charge >= 0.3 is 0 Å². The van der Waals surface area contributed by atoms with Gasteiger partial charge in [0.05, 0.1) is 5.60 Å². The lowest BCUT2D eigenvalue weighted by Crippen LogP contribution is -2.37. The Labute approximate surface area is 137 Å². The number of pyridine rings is 1. The number of nitrogens with zero attached hydrogens (tertiary/aromatic N) is 1. The van der Waals surface area contributed by atoms with E-state index >= 15 is 0 Å². The zero-order valence-electron chi connectivity index (χ0n) is 13.4. The van der Waals surface area contributed by atoms with Crippen LogP contribution in [0.15, 0.2) is 48.8 Å². The van der Waals surface area contributed by atoms with Crippen LogP contribution in [0.4, 0.5) is 0 Å². The maximum atomic E-state index is 10.4. The van der Waals surface area contributed by atoms with Crippen LogP contribution in [0.5, 0.6) is 5.75 Å². The van der Waals surface area contributed by atoms with E-state index in [0.29, 0.717) is 19.7 Å². The summed E-state index contributed by atoms with van der Waals surface area (Å²) in [6.07, 6.45) is 7.63. The Morgan fingerprint density at radius 2 is 1.96 bits per heavy atom.